The smallest absolute Gasteiger partial charge is 0.324 e. The average molecular weight is 227 g/mol. The Bertz CT molecular complexity index is 389. The molecule has 88 valence electrons. The maximum Gasteiger partial charge on any atom is 0.324 e. The summed E-state index contributed by atoms with van der Waals surface area (Å²) in [7, 11) is 1.62. The van der Waals surface area contributed by atoms with Crippen LogP contribution in [-0.4, -0.2) is 49.9 Å². The molecule has 1 rings (SSSR count). The van der Waals surface area contributed by atoms with Gasteiger partial charge in [0.1, 0.15) is 12.9 Å². The van der Waals surface area contributed by atoms with Crippen LogP contribution in [0.4, 0.5) is 10.7 Å². The van der Waals surface area contributed by atoms with Crippen molar-refractivity contribution in [3.63, 3.8) is 0 Å². The summed E-state index contributed by atoms with van der Waals surface area (Å²) >= 11 is 0. The second-order valence-corrected chi connectivity index (χ2v) is 3.05. The third-order valence-corrected chi connectivity index (χ3v) is 1.93. The van der Waals surface area contributed by atoms with Crippen LogP contribution >= 0.6 is 0 Å². The molecule has 8 heteroatoms. The van der Waals surface area contributed by atoms with Crippen molar-refractivity contribution in [1.29, 1.82) is 0 Å². The first-order valence-corrected chi connectivity index (χ1v) is 4.66. The van der Waals surface area contributed by atoms with Crippen LogP contribution in [-0.2, 0) is 11.8 Å². The van der Waals surface area contributed by atoms with Gasteiger partial charge in [-0.15, -0.1) is 0 Å². The van der Waals surface area contributed by atoms with Crippen molar-refractivity contribution in [2.45, 2.75) is 6.92 Å². The summed E-state index contributed by atoms with van der Waals surface area (Å²) in [6.45, 7) is 1.65. The minimum absolute atomic E-state index is 0.272. The van der Waals surface area contributed by atoms with Crippen LogP contribution in [0.1, 0.15) is 6.92 Å². The van der Waals surface area contributed by atoms with Crippen LogP contribution in [0.25, 0.3) is 0 Å². The fourth-order valence-corrected chi connectivity index (χ4v) is 1.07. The summed E-state index contributed by atoms with van der Waals surface area (Å²) in [5.74, 6) is -0.788. The zero-order valence-electron chi connectivity index (χ0n) is 9.04. The predicted octanol–water partition coefficient (Wildman–Crippen LogP) is -0.247. The number of anilines is 1. The second-order valence-electron chi connectivity index (χ2n) is 3.05. The Morgan fingerprint density at radius 1 is 1.62 bits per heavy atom. The lowest BCUT2D eigenvalue weighted by Gasteiger charge is -2.18. The van der Waals surface area contributed by atoms with Crippen molar-refractivity contribution in [1.82, 2.24) is 19.7 Å². The molecule has 2 N–H and O–H groups in total. The van der Waals surface area contributed by atoms with E-state index in [9.17, 15) is 9.59 Å². The number of aliphatic carboxylic acids is 1. The van der Waals surface area contributed by atoms with Crippen LogP contribution in [0.15, 0.2) is 6.33 Å². The monoisotopic (exact) mass is 227 g/mol. The van der Waals surface area contributed by atoms with Gasteiger partial charge in [0, 0.05) is 13.6 Å². The molecule has 0 aliphatic carbocycles. The SMILES string of the molecule is CCN(CC(=O)O)C(=O)Nc1ncnn1C. The number of hydrogen-bond acceptors (Lipinski definition) is 4. The molecule has 2 amide bonds. The van der Waals surface area contributed by atoms with E-state index >= 15 is 0 Å². The van der Waals surface area contributed by atoms with Gasteiger partial charge >= 0.3 is 12.0 Å². The molecule has 0 bridgehead atoms. The molecular formula is C8H13N5O3. The summed E-state index contributed by atoms with van der Waals surface area (Å²) in [5, 5.41) is 14.8. The zero-order chi connectivity index (χ0) is 12.1. The topological polar surface area (TPSA) is 100 Å². The number of nitrogens with zero attached hydrogens (tertiary/aromatic N) is 4. The van der Waals surface area contributed by atoms with E-state index in [0.29, 0.717) is 6.54 Å². The third-order valence-electron chi connectivity index (χ3n) is 1.93. The molecule has 0 aliphatic rings. The molecule has 8 nitrogen and oxygen atoms in total. The molecule has 0 aromatic carbocycles. The number of rotatable bonds is 4. The minimum Gasteiger partial charge on any atom is -0.480 e. The van der Waals surface area contributed by atoms with Crippen molar-refractivity contribution in [3.8, 4) is 0 Å². The van der Waals surface area contributed by atoms with Crippen molar-refractivity contribution in [2.24, 2.45) is 7.05 Å². The summed E-state index contributed by atoms with van der Waals surface area (Å²) in [5.41, 5.74) is 0. The highest BCUT2D eigenvalue weighted by Crippen LogP contribution is 2.00. The Hall–Kier alpha value is -2.12. The Morgan fingerprint density at radius 3 is 2.75 bits per heavy atom. The molecule has 0 saturated carbocycles. The first kappa shape index (κ1) is 12.0. The maximum atomic E-state index is 11.6. The summed E-state index contributed by atoms with van der Waals surface area (Å²) in [6.07, 6.45) is 1.29. The van der Waals surface area contributed by atoms with Crippen LogP contribution in [0.5, 0.6) is 0 Å². The van der Waals surface area contributed by atoms with Gasteiger partial charge in [0.05, 0.1) is 0 Å². The van der Waals surface area contributed by atoms with Crippen molar-refractivity contribution >= 4 is 17.9 Å². The minimum atomic E-state index is -1.06. The molecule has 0 fully saturated rings. The third kappa shape index (κ3) is 2.94. The Kier molecular flexibility index (Phi) is 3.81. The Morgan fingerprint density at radius 2 is 2.31 bits per heavy atom. The molecule has 0 atom stereocenters. The molecule has 1 heterocycles. The molecule has 0 radical (unpaired) electrons. The molecule has 1 aromatic rings. The number of nitrogens with one attached hydrogen (secondary N) is 1. The number of carbonyl (C=O) groups is 2. The van der Waals surface area contributed by atoms with E-state index in [-0.39, 0.29) is 12.5 Å². The van der Waals surface area contributed by atoms with E-state index < -0.39 is 12.0 Å². The van der Waals surface area contributed by atoms with E-state index in [0.717, 1.165) is 4.90 Å². The van der Waals surface area contributed by atoms with E-state index in [1.807, 2.05) is 0 Å². The van der Waals surface area contributed by atoms with Crippen LogP contribution in [0, 0.1) is 0 Å². The summed E-state index contributed by atoms with van der Waals surface area (Å²) in [4.78, 5) is 27.0. The van der Waals surface area contributed by atoms with Crippen molar-refractivity contribution in [2.75, 3.05) is 18.4 Å². The van der Waals surface area contributed by atoms with E-state index in [1.54, 1.807) is 14.0 Å². The van der Waals surface area contributed by atoms with Gasteiger partial charge in [-0.3, -0.25) is 10.1 Å². The summed E-state index contributed by atoms with van der Waals surface area (Å²) in [6, 6.07) is -0.513. The maximum absolute atomic E-state index is 11.6. The second kappa shape index (κ2) is 5.10. The molecule has 0 saturated heterocycles. The number of hydrogen-bond donors (Lipinski definition) is 2. The molecule has 0 unspecified atom stereocenters. The number of carboxylic acids is 1. The fraction of sp³-hybridized carbons (Fsp3) is 0.500. The quantitative estimate of drug-likeness (QED) is 0.739. The van der Waals surface area contributed by atoms with Crippen molar-refractivity contribution < 1.29 is 14.7 Å². The highest BCUT2D eigenvalue weighted by Gasteiger charge is 2.16. The molecule has 0 spiro atoms. The standard InChI is InChI=1S/C8H13N5O3/c1-3-13(4-6(14)15)8(16)11-7-9-5-10-12(7)2/h5H,3-4H2,1-2H3,(H,14,15)(H,9,10,11,16). The fourth-order valence-electron chi connectivity index (χ4n) is 1.07. The van der Waals surface area contributed by atoms with Crippen LogP contribution in [0.2, 0.25) is 0 Å². The number of aromatic nitrogens is 3. The van der Waals surface area contributed by atoms with Gasteiger partial charge < -0.3 is 10.0 Å². The van der Waals surface area contributed by atoms with Crippen LogP contribution < -0.4 is 5.32 Å². The predicted molar refractivity (Wildman–Crippen MR) is 54.9 cm³/mol. The van der Waals surface area contributed by atoms with Gasteiger partial charge in [-0.2, -0.15) is 10.1 Å². The molecule has 0 aliphatic heterocycles. The lowest BCUT2D eigenvalue weighted by molar-refractivity contribution is -0.137. The van der Waals surface area contributed by atoms with Gasteiger partial charge in [0.15, 0.2) is 0 Å². The molecule has 1 aromatic heterocycles. The van der Waals surface area contributed by atoms with E-state index in [4.69, 9.17) is 5.11 Å². The number of urea groups is 1. The lowest BCUT2D eigenvalue weighted by atomic mass is 10.5. The highest BCUT2D eigenvalue weighted by atomic mass is 16.4. The van der Waals surface area contributed by atoms with E-state index in [1.165, 1.54) is 11.0 Å². The number of carboxylic acid groups (broad SMARTS) is 1. The lowest BCUT2D eigenvalue weighted by Crippen LogP contribution is -2.39. The highest BCUT2D eigenvalue weighted by molar-refractivity contribution is 5.89. The Balaban J connectivity index is 2.63. The zero-order valence-corrected chi connectivity index (χ0v) is 9.04. The average Bonchev–Trinajstić information content (AvgIpc) is 2.60. The summed E-state index contributed by atoms with van der Waals surface area (Å²) < 4.78 is 1.38. The van der Waals surface area contributed by atoms with Gasteiger partial charge in [-0.1, -0.05) is 0 Å². The largest absolute Gasteiger partial charge is 0.480 e. The van der Waals surface area contributed by atoms with Gasteiger partial charge in [-0.25, -0.2) is 9.48 Å². The number of amides is 2. The Labute approximate surface area is 91.9 Å². The first-order chi connectivity index (χ1) is 7.54. The number of likely N-dealkylation sites (N-methyl/N-ethyl adjacent to an activating group) is 1. The molecule has 16 heavy (non-hydrogen) atoms. The number of carbonyl (C=O) groups excluding carboxylic acids is 1. The molecular weight excluding hydrogens is 214 g/mol. The van der Waals surface area contributed by atoms with Crippen molar-refractivity contribution in [3.05, 3.63) is 6.33 Å². The van der Waals surface area contributed by atoms with E-state index in [2.05, 4.69) is 15.4 Å². The van der Waals surface area contributed by atoms with Gasteiger partial charge in [0.25, 0.3) is 0 Å². The van der Waals surface area contributed by atoms with Gasteiger partial charge in [0.2, 0.25) is 5.95 Å². The number of aryl methyl sites for hydroxylation is 1. The van der Waals surface area contributed by atoms with Crippen LogP contribution in [0.3, 0.4) is 0 Å². The van der Waals surface area contributed by atoms with Gasteiger partial charge in [-0.05, 0) is 6.92 Å². The normalized spacial score (nSPS) is 9.88. The first-order valence-electron chi connectivity index (χ1n) is 4.66.